The molecule has 2 aromatic rings. The van der Waals surface area contributed by atoms with Gasteiger partial charge in [0, 0.05) is 6.20 Å². The fourth-order valence-corrected chi connectivity index (χ4v) is 2.15. The van der Waals surface area contributed by atoms with Gasteiger partial charge in [-0.05, 0) is 68.6 Å². The summed E-state index contributed by atoms with van der Waals surface area (Å²) in [5.74, 6) is 1.32. The SMILES string of the molecule is Cc1ccc(Oc2ncccc2Br)c(Br)c1. The highest BCUT2D eigenvalue weighted by molar-refractivity contribution is 9.11. The molecule has 4 heteroatoms. The lowest BCUT2D eigenvalue weighted by Gasteiger charge is -2.08. The molecule has 0 aliphatic carbocycles. The van der Waals surface area contributed by atoms with Gasteiger partial charge in [-0.2, -0.15) is 0 Å². The van der Waals surface area contributed by atoms with Crippen LogP contribution in [0.25, 0.3) is 0 Å². The zero-order valence-corrected chi connectivity index (χ0v) is 11.7. The molecule has 0 aliphatic rings. The summed E-state index contributed by atoms with van der Waals surface area (Å²) in [4.78, 5) is 4.15. The van der Waals surface area contributed by atoms with Gasteiger partial charge in [0.25, 0.3) is 0 Å². The first-order chi connectivity index (χ1) is 7.66. The second-order valence-electron chi connectivity index (χ2n) is 3.33. The molecule has 0 spiro atoms. The van der Waals surface area contributed by atoms with Crippen LogP contribution in [0.5, 0.6) is 11.6 Å². The Hall–Kier alpha value is -0.870. The van der Waals surface area contributed by atoms with Gasteiger partial charge in [-0.15, -0.1) is 0 Å². The molecule has 0 radical (unpaired) electrons. The van der Waals surface area contributed by atoms with Crippen molar-refractivity contribution >= 4 is 31.9 Å². The van der Waals surface area contributed by atoms with Crippen LogP contribution in [-0.2, 0) is 0 Å². The van der Waals surface area contributed by atoms with Crippen molar-refractivity contribution in [3.8, 4) is 11.6 Å². The average molecular weight is 343 g/mol. The van der Waals surface area contributed by atoms with Gasteiger partial charge in [0.15, 0.2) is 0 Å². The van der Waals surface area contributed by atoms with Crippen LogP contribution in [0.3, 0.4) is 0 Å². The van der Waals surface area contributed by atoms with E-state index in [0.29, 0.717) is 5.88 Å². The molecule has 16 heavy (non-hydrogen) atoms. The normalized spacial score (nSPS) is 10.2. The van der Waals surface area contributed by atoms with Crippen LogP contribution in [0.1, 0.15) is 5.56 Å². The van der Waals surface area contributed by atoms with Crippen molar-refractivity contribution < 1.29 is 4.74 Å². The highest BCUT2D eigenvalue weighted by Gasteiger charge is 2.06. The van der Waals surface area contributed by atoms with E-state index >= 15 is 0 Å². The zero-order valence-electron chi connectivity index (χ0n) is 8.58. The molecule has 1 aromatic carbocycles. The molecule has 82 valence electrons. The Morgan fingerprint density at radius 3 is 2.62 bits per heavy atom. The van der Waals surface area contributed by atoms with E-state index in [1.807, 2.05) is 37.3 Å². The molecule has 1 heterocycles. The lowest BCUT2D eigenvalue weighted by molar-refractivity contribution is 0.457. The minimum absolute atomic E-state index is 0.562. The summed E-state index contributed by atoms with van der Waals surface area (Å²) in [6.07, 6.45) is 1.70. The fourth-order valence-electron chi connectivity index (χ4n) is 1.24. The molecule has 0 unspecified atom stereocenters. The number of pyridine rings is 1. The second kappa shape index (κ2) is 4.97. The molecule has 0 aliphatic heterocycles. The summed E-state index contributed by atoms with van der Waals surface area (Å²) in [6, 6.07) is 9.66. The molecule has 0 saturated heterocycles. The number of benzene rings is 1. The fraction of sp³-hybridized carbons (Fsp3) is 0.0833. The number of nitrogens with zero attached hydrogens (tertiary/aromatic N) is 1. The van der Waals surface area contributed by atoms with Gasteiger partial charge in [-0.3, -0.25) is 0 Å². The van der Waals surface area contributed by atoms with Crippen molar-refractivity contribution in [3.63, 3.8) is 0 Å². The Bertz CT molecular complexity index is 514. The number of aromatic nitrogens is 1. The number of ether oxygens (including phenoxy) is 1. The van der Waals surface area contributed by atoms with Crippen molar-refractivity contribution in [2.45, 2.75) is 6.92 Å². The van der Waals surface area contributed by atoms with Gasteiger partial charge in [-0.25, -0.2) is 4.98 Å². The van der Waals surface area contributed by atoms with Crippen LogP contribution in [-0.4, -0.2) is 4.98 Å². The lowest BCUT2D eigenvalue weighted by Crippen LogP contribution is -1.89. The molecule has 0 atom stereocenters. The van der Waals surface area contributed by atoms with E-state index in [4.69, 9.17) is 4.74 Å². The summed E-state index contributed by atoms with van der Waals surface area (Å²) in [6.45, 7) is 2.03. The van der Waals surface area contributed by atoms with Crippen molar-refractivity contribution in [3.05, 3.63) is 51.0 Å². The Labute approximate surface area is 111 Å². The maximum atomic E-state index is 5.69. The monoisotopic (exact) mass is 341 g/mol. The van der Waals surface area contributed by atoms with E-state index in [-0.39, 0.29) is 0 Å². The lowest BCUT2D eigenvalue weighted by atomic mass is 10.2. The smallest absolute Gasteiger partial charge is 0.233 e. The highest BCUT2D eigenvalue weighted by Crippen LogP contribution is 2.32. The molecule has 0 amide bonds. The van der Waals surface area contributed by atoms with Crippen molar-refractivity contribution in [1.82, 2.24) is 4.98 Å². The number of hydrogen-bond donors (Lipinski definition) is 0. The van der Waals surface area contributed by atoms with E-state index in [1.165, 1.54) is 5.56 Å². The van der Waals surface area contributed by atoms with Gasteiger partial charge < -0.3 is 4.74 Å². The Balaban J connectivity index is 2.31. The summed E-state index contributed by atoms with van der Waals surface area (Å²) in [7, 11) is 0. The molecule has 0 saturated carbocycles. The summed E-state index contributed by atoms with van der Waals surface area (Å²) >= 11 is 6.85. The largest absolute Gasteiger partial charge is 0.437 e. The predicted molar refractivity (Wildman–Crippen MR) is 70.9 cm³/mol. The van der Waals surface area contributed by atoms with Gasteiger partial charge in [0.2, 0.25) is 5.88 Å². The molecule has 2 nitrogen and oxygen atoms in total. The molecular weight excluding hydrogens is 334 g/mol. The molecular formula is C12H9Br2NO. The molecule has 2 rings (SSSR count). The maximum absolute atomic E-state index is 5.69. The number of hydrogen-bond acceptors (Lipinski definition) is 2. The van der Waals surface area contributed by atoms with Crippen LogP contribution >= 0.6 is 31.9 Å². The van der Waals surface area contributed by atoms with Gasteiger partial charge in [0.1, 0.15) is 5.75 Å². The maximum Gasteiger partial charge on any atom is 0.233 e. The topological polar surface area (TPSA) is 22.1 Å². The highest BCUT2D eigenvalue weighted by atomic mass is 79.9. The van der Waals surface area contributed by atoms with Crippen molar-refractivity contribution in [1.29, 1.82) is 0 Å². The summed E-state index contributed by atoms with van der Waals surface area (Å²) in [5, 5.41) is 0. The predicted octanol–water partition coefficient (Wildman–Crippen LogP) is 4.71. The van der Waals surface area contributed by atoms with Crippen LogP contribution in [0.4, 0.5) is 0 Å². The van der Waals surface area contributed by atoms with Crippen LogP contribution < -0.4 is 4.74 Å². The number of rotatable bonds is 2. The van der Waals surface area contributed by atoms with Crippen LogP contribution in [0.2, 0.25) is 0 Å². The molecule has 0 bridgehead atoms. The van der Waals surface area contributed by atoms with E-state index in [1.54, 1.807) is 6.20 Å². The van der Waals surface area contributed by atoms with Crippen molar-refractivity contribution in [2.75, 3.05) is 0 Å². The summed E-state index contributed by atoms with van der Waals surface area (Å²) < 4.78 is 7.45. The number of aryl methyl sites for hydroxylation is 1. The number of halogens is 2. The van der Waals surface area contributed by atoms with Crippen LogP contribution in [0, 0.1) is 6.92 Å². The third kappa shape index (κ3) is 2.62. The minimum Gasteiger partial charge on any atom is -0.437 e. The van der Waals surface area contributed by atoms with E-state index in [2.05, 4.69) is 36.8 Å². The quantitative estimate of drug-likeness (QED) is 0.788. The average Bonchev–Trinajstić information content (AvgIpc) is 2.25. The second-order valence-corrected chi connectivity index (χ2v) is 5.03. The Morgan fingerprint density at radius 2 is 1.94 bits per heavy atom. The van der Waals surface area contributed by atoms with Crippen molar-refractivity contribution in [2.24, 2.45) is 0 Å². The molecule has 0 N–H and O–H groups in total. The first-order valence-corrected chi connectivity index (χ1v) is 6.30. The van der Waals surface area contributed by atoms with Gasteiger partial charge >= 0.3 is 0 Å². The Morgan fingerprint density at radius 1 is 1.12 bits per heavy atom. The zero-order chi connectivity index (χ0) is 11.5. The standard InChI is InChI=1S/C12H9Br2NO/c1-8-4-5-11(10(14)7-8)16-12-9(13)3-2-6-15-12/h2-7H,1H3. The first kappa shape index (κ1) is 11.6. The van der Waals surface area contributed by atoms with Gasteiger partial charge in [-0.1, -0.05) is 6.07 Å². The van der Waals surface area contributed by atoms with Crippen LogP contribution in [0.15, 0.2) is 45.5 Å². The van der Waals surface area contributed by atoms with Gasteiger partial charge in [0.05, 0.1) is 8.95 Å². The van der Waals surface area contributed by atoms with E-state index < -0.39 is 0 Å². The Kier molecular flexibility index (Phi) is 3.61. The third-order valence-electron chi connectivity index (χ3n) is 2.02. The minimum atomic E-state index is 0.562. The molecule has 1 aromatic heterocycles. The third-order valence-corrected chi connectivity index (χ3v) is 3.24. The van der Waals surface area contributed by atoms with E-state index in [0.717, 1.165) is 14.7 Å². The molecule has 0 fully saturated rings. The first-order valence-electron chi connectivity index (χ1n) is 4.71. The summed E-state index contributed by atoms with van der Waals surface area (Å²) in [5.41, 5.74) is 1.18. The van der Waals surface area contributed by atoms with E-state index in [9.17, 15) is 0 Å².